The standard InChI is InChI=1S/C17H24N4O.C12H16FN/c1-5-14-11-18-19-17(14)15(6-2)12-20(4)16-7-9-21(10-8-16)13(3)22;1-12(13)7-6-10-9(8-14-2)4-3-5-11(10)12/h5-6,11-12,16H,1-2,7-10H2,3-4H3,(H,18,19);3-5,14H,6-8H2,1-2H3/b15-12-;. The van der Waals surface area contributed by atoms with Gasteiger partial charge in [-0.25, -0.2) is 4.39 Å². The van der Waals surface area contributed by atoms with Gasteiger partial charge in [0.05, 0.1) is 11.9 Å². The molecule has 2 aliphatic rings. The molecule has 2 heterocycles. The number of aromatic amines is 1. The molecule has 1 saturated heterocycles. The van der Waals surface area contributed by atoms with E-state index in [0.717, 1.165) is 61.3 Å². The maximum Gasteiger partial charge on any atom is 0.219 e. The van der Waals surface area contributed by atoms with E-state index in [-0.39, 0.29) is 5.91 Å². The lowest BCUT2D eigenvalue weighted by Gasteiger charge is -2.36. The van der Waals surface area contributed by atoms with Crippen molar-refractivity contribution in [3.8, 4) is 0 Å². The zero-order valence-electron chi connectivity index (χ0n) is 22.1. The number of benzene rings is 1. The lowest BCUT2D eigenvalue weighted by Crippen LogP contribution is -2.43. The third kappa shape index (κ3) is 6.32. The summed E-state index contributed by atoms with van der Waals surface area (Å²) in [4.78, 5) is 15.5. The number of likely N-dealkylation sites (tertiary alicyclic amines) is 1. The first-order valence-electron chi connectivity index (χ1n) is 12.6. The average Bonchev–Trinajstić information content (AvgIpc) is 3.47. The first-order chi connectivity index (χ1) is 17.2. The highest BCUT2D eigenvalue weighted by molar-refractivity contribution is 5.76. The van der Waals surface area contributed by atoms with Crippen LogP contribution in [-0.2, 0) is 23.4 Å². The van der Waals surface area contributed by atoms with Crippen molar-refractivity contribution < 1.29 is 9.18 Å². The van der Waals surface area contributed by atoms with E-state index in [1.54, 1.807) is 26.1 Å². The number of allylic oxidation sites excluding steroid dienone is 2. The van der Waals surface area contributed by atoms with Gasteiger partial charge in [0.1, 0.15) is 5.67 Å². The molecule has 1 aliphatic carbocycles. The van der Waals surface area contributed by atoms with E-state index in [0.29, 0.717) is 12.5 Å². The van der Waals surface area contributed by atoms with Gasteiger partial charge in [-0.1, -0.05) is 43.5 Å². The van der Waals surface area contributed by atoms with Crippen LogP contribution in [0.4, 0.5) is 4.39 Å². The third-order valence-corrected chi connectivity index (χ3v) is 7.27. The number of hydrogen-bond donors (Lipinski definition) is 2. The molecule has 6 nitrogen and oxygen atoms in total. The molecular formula is C29H40FN5O. The molecule has 1 atom stereocenters. The van der Waals surface area contributed by atoms with Crippen LogP contribution in [-0.4, -0.2) is 59.1 Å². The Hall–Kier alpha value is -3.19. The van der Waals surface area contributed by atoms with Crippen molar-refractivity contribution in [2.24, 2.45) is 0 Å². The van der Waals surface area contributed by atoms with Crippen LogP contribution < -0.4 is 5.32 Å². The Morgan fingerprint density at radius 2 is 2.08 bits per heavy atom. The SMILES string of the molecule is C=C/C(=C/N(C)C1CCN(C(C)=O)CC1)c1[nH]ncc1C=C.CNCc1cccc2c1CCC2(C)F. The fraction of sp³-hybridized carbons (Fsp3) is 0.448. The van der Waals surface area contributed by atoms with E-state index in [1.807, 2.05) is 30.2 Å². The first kappa shape index (κ1) is 27.4. The van der Waals surface area contributed by atoms with Gasteiger partial charge in [0.25, 0.3) is 0 Å². The number of rotatable bonds is 7. The van der Waals surface area contributed by atoms with Crippen LogP contribution in [0.25, 0.3) is 11.6 Å². The van der Waals surface area contributed by atoms with Crippen LogP contribution in [0.1, 0.15) is 61.1 Å². The second-order valence-corrected chi connectivity index (χ2v) is 9.77. The third-order valence-electron chi connectivity index (χ3n) is 7.27. The minimum absolute atomic E-state index is 0.163. The Morgan fingerprint density at radius 3 is 2.69 bits per heavy atom. The molecular weight excluding hydrogens is 453 g/mol. The summed E-state index contributed by atoms with van der Waals surface area (Å²) >= 11 is 0. The number of hydrogen-bond acceptors (Lipinski definition) is 4. The summed E-state index contributed by atoms with van der Waals surface area (Å²) in [5, 5.41) is 10.2. The molecule has 0 saturated carbocycles. The minimum atomic E-state index is -1.11. The van der Waals surface area contributed by atoms with Crippen LogP contribution >= 0.6 is 0 Å². The maximum absolute atomic E-state index is 14.0. The van der Waals surface area contributed by atoms with Gasteiger partial charge in [-0.15, -0.1) is 0 Å². The summed E-state index contributed by atoms with van der Waals surface area (Å²) < 4.78 is 14.0. The van der Waals surface area contributed by atoms with Crippen molar-refractivity contribution in [2.45, 2.75) is 57.8 Å². The molecule has 4 rings (SSSR count). The number of carbonyl (C=O) groups excluding carboxylic acids is 1. The predicted octanol–water partition coefficient (Wildman–Crippen LogP) is 5.06. The number of carbonyl (C=O) groups is 1. The van der Waals surface area contributed by atoms with E-state index in [4.69, 9.17) is 0 Å². The van der Waals surface area contributed by atoms with E-state index in [9.17, 15) is 9.18 Å². The highest BCUT2D eigenvalue weighted by atomic mass is 19.1. The van der Waals surface area contributed by atoms with Gasteiger partial charge in [0.2, 0.25) is 5.91 Å². The molecule has 7 heteroatoms. The van der Waals surface area contributed by atoms with Crippen LogP contribution in [0.3, 0.4) is 0 Å². The summed E-state index contributed by atoms with van der Waals surface area (Å²) in [6.07, 6.45) is 10.9. The Morgan fingerprint density at radius 1 is 1.36 bits per heavy atom. The lowest BCUT2D eigenvalue weighted by atomic mass is 9.98. The van der Waals surface area contributed by atoms with E-state index in [2.05, 4.69) is 52.9 Å². The fourth-order valence-corrected chi connectivity index (χ4v) is 5.08. The number of H-pyrrole nitrogens is 1. The summed E-state index contributed by atoms with van der Waals surface area (Å²) in [6.45, 7) is 13.5. The van der Waals surface area contributed by atoms with Gasteiger partial charge >= 0.3 is 0 Å². The molecule has 1 aliphatic heterocycles. The highest BCUT2D eigenvalue weighted by Gasteiger charge is 2.34. The van der Waals surface area contributed by atoms with Crippen LogP contribution in [0, 0.1) is 0 Å². The maximum atomic E-state index is 14.0. The zero-order valence-corrected chi connectivity index (χ0v) is 22.1. The molecule has 1 aromatic heterocycles. The van der Waals surface area contributed by atoms with Crippen molar-refractivity contribution in [1.29, 1.82) is 0 Å². The number of halogens is 1. The minimum Gasteiger partial charge on any atom is -0.377 e. The van der Waals surface area contributed by atoms with Gasteiger partial charge in [-0.05, 0) is 56.3 Å². The number of aromatic nitrogens is 2. The Labute approximate surface area is 215 Å². The lowest BCUT2D eigenvalue weighted by molar-refractivity contribution is -0.130. The van der Waals surface area contributed by atoms with Crippen LogP contribution in [0.15, 0.2) is 49.8 Å². The van der Waals surface area contributed by atoms with Gasteiger partial charge in [0.15, 0.2) is 0 Å². The van der Waals surface area contributed by atoms with E-state index in [1.165, 1.54) is 11.1 Å². The first-order valence-corrected chi connectivity index (χ1v) is 12.6. The number of piperidine rings is 1. The number of nitrogens with one attached hydrogen (secondary N) is 2. The number of fused-ring (bicyclic) bond motifs is 1. The highest BCUT2D eigenvalue weighted by Crippen LogP contribution is 2.41. The van der Waals surface area contributed by atoms with Gasteiger partial charge < -0.3 is 15.1 Å². The molecule has 194 valence electrons. The predicted molar refractivity (Wildman–Crippen MR) is 146 cm³/mol. The van der Waals surface area contributed by atoms with Crippen molar-refractivity contribution >= 4 is 17.6 Å². The Bertz CT molecular complexity index is 1090. The van der Waals surface area contributed by atoms with E-state index < -0.39 is 5.67 Å². The topological polar surface area (TPSA) is 64.3 Å². The molecule has 1 fully saturated rings. The normalized spacial score (nSPS) is 19.8. The van der Waals surface area contributed by atoms with Crippen molar-refractivity contribution in [2.75, 3.05) is 27.2 Å². The number of amides is 1. The van der Waals surface area contributed by atoms with Crippen molar-refractivity contribution in [1.82, 2.24) is 25.3 Å². The molecule has 2 aromatic rings. The average molecular weight is 494 g/mol. The van der Waals surface area contributed by atoms with E-state index >= 15 is 0 Å². The van der Waals surface area contributed by atoms with Crippen LogP contribution in [0.2, 0.25) is 0 Å². The van der Waals surface area contributed by atoms with Crippen LogP contribution in [0.5, 0.6) is 0 Å². The number of nitrogens with zero attached hydrogens (tertiary/aromatic N) is 3. The molecule has 1 unspecified atom stereocenters. The Balaban J connectivity index is 0.000000221. The van der Waals surface area contributed by atoms with Gasteiger partial charge in [-0.2, -0.15) is 5.10 Å². The fourth-order valence-electron chi connectivity index (χ4n) is 5.08. The Kier molecular flexibility index (Phi) is 9.26. The summed E-state index contributed by atoms with van der Waals surface area (Å²) in [5.74, 6) is 0.163. The van der Waals surface area contributed by atoms with Crippen molar-refractivity contribution in [3.05, 3.63) is 77.8 Å². The van der Waals surface area contributed by atoms with Gasteiger partial charge in [0, 0.05) is 57.0 Å². The molecule has 36 heavy (non-hydrogen) atoms. The molecule has 2 N–H and O–H groups in total. The summed E-state index contributed by atoms with van der Waals surface area (Å²) in [6, 6.07) is 6.38. The second-order valence-electron chi connectivity index (χ2n) is 9.77. The van der Waals surface area contributed by atoms with Crippen molar-refractivity contribution in [3.63, 3.8) is 0 Å². The zero-order chi connectivity index (χ0) is 26.3. The summed E-state index contributed by atoms with van der Waals surface area (Å²) in [5.41, 5.74) is 5.12. The molecule has 1 aromatic carbocycles. The van der Waals surface area contributed by atoms with Gasteiger partial charge in [-0.3, -0.25) is 9.89 Å². The number of alkyl halides is 1. The monoisotopic (exact) mass is 493 g/mol. The molecule has 0 radical (unpaired) electrons. The second kappa shape index (κ2) is 12.2. The molecule has 0 bridgehead atoms. The quantitative estimate of drug-likeness (QED) is 0.530. The molecule has 0 spiro atoms. The summed E-state index contributed by atoms with van der Waals surface area (Å²) in [7, 11) is 3.99. The molecule has 1 amide bonds. The largest absolute Gasteiger partial charge is 0.377 e. The smallest absolute Gasteiger partial charge is 0.219 e.